The zero-order chi connectivity index (χ0) is 13.1. The number of hydrogen-bond donors (Lipinski definition) is 3. The van der Waals surface area contributed by atoms with Crippen LogP contribution in [0.3, 0.4) is 0 Å². The number of carboxylic acid groups (broad SMARTS) is 1. The maximum atomic E-state index is 11.8. The number of carbonyl (C=O) groups excluding carboxylic acids is 1. The molecule has 0 saturated carbocycles. The summed E-state index contributed by atoms with van der Waals surface area (Å²) in [4.78, 5) is 29.2. The molecule has 0 spiro atoms. The summed E-state index contributed by atoms with van der Waals surface area (Å²) in [5.41, 5.74) is 0.277. The second-order valence-corrected chi connectivity index (χ2v) is 4.31. The number of pyridine rings is 1. The summed E-state index contributed by atoms with van der Waals surface area (Å²) in [6, 6.07) is 4.62. The van der Waals surface area contributed by atoms with Crippen molar-refractivity contribution in [3.05, 3.63) is 46.5 Å². The van der Waals surface area contributed by atoms with Gasteiger partial charge in [0.2, 0.25) is 0 Å². The smallest absolute Gasteiger partial charge is 0.356 e. The van der Waals surface area contributed by atoms with E-state index in [1.165, 1.54) is 12.3 Å². The molecule has 92 valence electrons. The van der Waals surface area contributed by atoms with Crippen molar-refractivity contribution in [2.24, 2.45) is 0 Å². The van der Waals surface area contributed by atoms with Crippen LogP contribution in [0.15, 0.2) is 35.1 Å². The van der Waals surface area contributed by atoms with E-state index in [4.69, 9.17) is 5.11 Å². The fourth-order valence-corrected chi connectivity index (χ4v) is 1.71. The molecule has 0 aromatic carbocycles. The molecule has 0 fully saturated rings. The molecule has 0 bridgehead atoms. The number of nitrogens with one attached hydrogen (secondary N) is 2. The summed E-state index contributed by atoms with van der Waals surface area (Å²) in [7, 11) is 0. The van der Waals surface area contributed by atoms with Gasteiger partial charge in [-0.25, -0.2) is 9.78 Å². The lowest BCUT2D eigenvalue weighted by atomic mass is 10.3. The second-order valence-electron chi connectivity index (χ2n) is 3.39. The molecule has 2 heterocycles. The van der Waals surface area contributed by atoms with E-state index in [-0.39, 0.29) is 11.4 Å². The lowest BCUT2D eigenvalue weighted by molar-refractivity contribution is 0.0692. The number of nitrogens with zero attached hydrogens (tertiary/aromatic N) is 1. The Balaban J connectivity index is 2.24. The van der Waals surface area contributed by atoms with E-state index in [1.54, 1.807) is 18.3 Å². The number of halogens is 1. The van der Waals surface area contributed by atoms with Crippen LogP contribution in [0.4, 0.5) is 5.69 Å². The van der Waals surface area contributed by atoms with Crippen LogP contribution in [0, 0.1) is 0 Å². The maximum Gasteiger partial charge on any atom is 0.356 e. The van der Waals surface area contributed by atoms with Gasteiger partial charge in [-0.15, -0.1) is 0 Å². The summed E-state index contributed by atoms with van der Waals surface area (Å²) in [5.74, 6) is -1.63. The van der Waals surface area contributed by atoms with Gasteiger partial charge in [0.25, 0.3) is 5.91 Å². The van der Waals surface area contributed by atoms with Gasteiger partial charge in [0, 0.05) is 16.9 Å². The molecule has 7 heteroatoms. The Hall–Kier alpha value is -2.15. The molecule has 0 aliphatic heterocycles. The second kappa shape index (κ2) is 5.01. The summed E-state index contributed by atoms with van der Waals surface area (Å²) >= 11 is 3.21. The summed E-state index contributed by atoms with van der Waals surface area (Å²) in [6.07, 6.45) is 2.96. The molecule has 0 aliphatic rings. The molecule has 3 N–H and O–H groups in total. The Kier molecular flexibility index (Phi) is 3.42. The first-order valence-corrected chi connectivity index (χ1v) is 5.71. The van der Waals surface area contributed by atoms with Crippen LogP contribution in [0.25, 0.3) is 0 Å². The van der Waals surface area contributed by atoms with E-state index in [0.29, 0.717) is 5.69 Å². The predicted molar refractivity (Wildman–Crippen MR) is 67.6 cm³/mol. The molecule has 0 atom stereocenters. The number of amides is 1. The average molecular weight is 310 g/mol. The number of aromatic amines is 1. The molecule has 0 radical (unpaired) electrons. The van der Waals surface area contributed by atoms with Crippen molar-refractivity contribution >= 4 is 33.5 Å². The van der Waals surface area contributed by atoms with Crippen molar-refractivity contribution in [3.63, 3.8) is 0 Å². The van der Waals surface area contributed by atoms with Crippen LogP contribution in [0.2, 0.25) is 0 Å². The maximum absolute atomic E-state index is 11.8. The molecule has 2 rings (SSSR count). The average Bonchev–Trinajstić information content (AvgIpc) is 2.76. The minimum atomic E-state index is -1.20. The third-order valence-corrected chi connectivity index (χ3v) is 2.61. The Bertz CT molecular complexity index is 609. The third kappa shape index (κ3) is 2.57. The topological polar surface area (TPSA) is 95.1 Å². The van der Waals surface area contributed by atoms with Crippen LogP contribution in [0.5, 0.6) is 0 Å². The highest BCUT2D eigenvalue weighted by Gasteiger charge is 2.15. The van der Waals surface area contributed by atoms with Crippen LogP contribution in [-0.2, 0) is 0 Å². The fourth-order valence-electron chi connectivity index (χ4n) is 1.37. The first kappa shape index (κ1) is 12.3. The SMILES string of the molecule is O=C(Nc1cccnc1C(=O)O)c1cc(Br)c[nH]1. The van der Waals surface area contributed by atoms with Crippen molar-refractivity contribution in [3.8, 4) is 0 Å². The van der Waals surface area contributed by atoms with E-state index >= 15 is 0 Å². The standard InChI is InChI=1S/C11H8BrN3O3/c12-6-4-8(14-5-6)10(16)15-7-2-1-3-13-9(7)11(17)18/h1-5,14H,(H,15,16)(H,17,18). The minimum absolute atomic E-state index is 0.153. The predicted octanol–water partition coefficient (Wildman–Crippen LogP) is 2.12. The number of aromatic nitrogens is 2. The van der Waals surface area contributed by atoms with Gasteiger partial charge in [-0.05, 0) is 34.1 Å². The molecule has 1 amide bonds. The van der Waals surface area contributed by atoms with Crippen molar-refractivity contribution in [1.29, 1.82) is 0 Å². The van der Waals surface area contributed by atoms with E-state index < -0.39 is 11.9 Å². The van der Waals surface area contributed by atoms with E-state index in [0.717, 1.165) is 4.47 Å². The fraction of sp³-hybridized carbons (Fsp3) is 0. The van der Waals surface area contributed by atoms with Gasteiger partial charge >= 0.3 is 5.97 Å². The number of hydrogen-bond acceptors (Lipinski definition) is 3. The van der Waals surface area contributed by atoms with Crippen LogP contribution >= 0.6 is 15.9 Å². The van der Waals surface area contributed by atoms with Crippen LogP contribution in [0.1, 0.15) is 21.0 Å². The molecule has 0 saturated heterocycles. The van der Waals surface area contributed by atoms with Crippen molar-refractivity contribution in [1.82, 2.24) is 9.97 Å². The van der Waals surface area contributed by atoms with Gasteiger partial charge in [0.15, 0.2) is 5.69 Å². The number of anilines is 1. The molecule has 18 heavy (non-hydrogen) atoms. The molecule has 0 aliphatic carbocycles. The number of carboxylic acids is 1. The van der Waals surface area contributed by atoms with Gasteiger partial charge in [0.1, 0.15) is 5.69 Å². The highest BCUT2D eigenvalue weighted by Crippen LogP contribution is 2.15. The minimum Gasteiger partial charge on any atom is -0.476 e. The Morgan fingerprint density at radius 2 is 2.22 bits per heavy atom. The quantitative estimate of drug-likeness (QED) is 0.809. The highest BCUT2D eigenvalue weighted by molar-refractivity contribution is 9.10. The number of H-pyrrole nitrogens is 1. The summed E-state index contributed by atoms with van der Waals surface area (Å²) in [5, 5.41) is 11.4. The van der Waals surface area contributed by atoms with Crippen LogP contribution in [-0.4, -0.2) is 27.0 Å². The number of rotatable bonds is 3. The van der Waals surface area contributed by atoms with Gasteiger partial charge in [-0.1, -0.05) is 0 Å². The van der Waals surface area contributed by atoms with E-state index in [9.17, 15) is 9.59 Å². The molecule has 0 unspecified atom stereocenters. The normalized spacial score (nSPS) is 10.1. The lowest BCUT2D eigenvalue weighted by Crippen LogP contribution is -2.15. The molecule has 6 nitrogen and oxygen atoms in total. The highest BCUT2D eigenvalue weighted by atomic mass is 79.9. The lowest BCUT2D eigenvalue weighted by Gasteiger charge is -2.05. The molecular formula is C11H8BrN3O3. The van der Waals surface area contributed by atoms with Gasteiger partial charge in [0.05, 0.1) is 5.69 Å². The van der Waals surface area contributed by atoms with Gasteiger partial charge < -0.3 is 15.4 Å². The summed E-state index contributed by atoms with van der Waals surface area (Å²) in [6.45, 7) is 0. The molecular weight excluding hydrogens is 302 g/mol. The summed E-state index contributed by atoms with van der Waals surface area (Å²) < 4.78 is 0.734. The Morgan fingerprint density at radius 3 is 2.83 bits per heavy atom. The van der Waals surface area contributed by atoms with Crippen molar-refractivity contribution < 1.29 is 14.7 Å². The molecule has 2 aromatic heterocycles. The van der Waals surface area contributed by atoms with Gasteiger partial charge in [-0.2, -0.15) is 0 Å². The first-order chi connectivity index (χ1) is 8.58. The van der Waals surface area contributed by atoms with Gasteiger partial charge in [-0.3, -0.25) is 4.79 Å². The zero-order valence-electron chi connectivity index (χ0n) is 8.98. The van der Waals surface area contributed by atoms with E-state index in [1.807, 2.05) is 0 Å². The van der Waals surface area contributed by atoms with Crippen molar-refractivity contribution in [2.45, 2.75) is 0 Å². The number of carbonyl (C=O) groups is 2. The third-order valence-electron chi connectivity index (χ3n) is 2.15. The largest absolute Gasteiger partial charge is 0.476 e. The monoisotopic (exact) mass is 309 g/mol. The van der Waals surface area contributed by atoms with E-state index in [2.05, 4.69) is 31.2 Å². The van der Waals surface area contributed by atoms with Crippen molar-refractivity contribution in [2.75, 3.05) is 5.32 Å². The number of aromatic carboxylic acids is 1. The first-order valence-electron chi connectivity index (χ1n) is 4.91. The molecule has 2 aromatic rings. The Labute approximate surface area is 110 Å². The van der Waals surface area contributed by atoms with Crippen LogP contribution < -0.4 is 5.32 Å². The zero-order valence-corrected chi connectivity index (χ0v) is 10.6. The Morgan fingerprint density at radius 1 is 1.44 bits per heavy atom.